The molecule has 0 radical (unpaired) electrons. The molecule has 1 heterocycles. The molecule has 0 saturated carbocycles. The van der Waals surface area contributed by atoms with Gasteiger partial charge in [0.05, 0.1) is 18.6 Å². The van der Waals surface area contributed by atoms with E-state index in [-0.39, 0.29) is 4.90 Å². The van der Waals surface area contributed by atoms with Crippen LogP contribution in [-0.2, 0) is 14.6 Å². The average molecular weight is 257 g/mol. The minimum absolute atomic E-state index is 0.227. The molecule has 0 aromatic heterocycles. The van der Waals surface area contributed by atoms with Crippen molar-refractivity contribution in [2.45, 2.75) is 10.3 Å². The molecule has 1 aliphatic rings. The van der Waals surface area contributed by atoms with Gasteiger partial charge in [-0.3, -0.25) is 0 Å². The van der Waals surface area contributed by atoms with Gasteiger partial charge in [-0.25, -0.2) is 8.42 Å². The monoisotopic (exact) mass is 257 g/mol. The number of ether oxygens (including phenoxy) is 2. The van der Waals surface area contributed by atoms with Crippen LogP contribution < -0.4 is 10.1 Å². The first-order valence-electron chi connectivity index (χ1n) is 5.35. The number of hydrogen-bond acceptors (Lipinski definition) is 5. The molecule has 1 saturated heterocycles. The highest BCUT2D eigenvalue weighted by Crippen LogP contribution is 2.22. The lowest BCUT2D eigenvalue weighted by molar-refractivity contribution is 0.0785. The highest BCUT2D eigenvalue weighted by Gasteiger charge is 2.30. The lowest BCUT2D eigenvalue weighted by atomic mass is 10.3. The van der Waals surface area contributed by atoms with Crippen LogP contribution in [-0.4, -0.2) is 40.7 Å². The Morgan fingerprint density at radius 2 is 2.29 bits per heavy atom. The fourth-order valence-electron chi connectivity index (χ4n) is 1.67. The van der Waals surface area contributed by atoms with Gasteiger partial charge in [0, 0.05) is 13.1 Å². The Morgan fingerprint density at radius 3 is 2.94 bits per heavy atom. The summed E-state index contributed by atoms with van der Waals surface area (Å²) in [6, 6.07) is 6.42. The molecular formula is C11H15NO4S. The smallest absolute Gasteiger partial charge is 0.206 e. The summed E-state index contributed by atoms with van der Waals surface area (Å²) in [6.45, 7) is 1.41. The highest BCUT2D eigenvalue weighted by molar-refractivity contribution is 7.92. The van der Waals surface area contributed by atoms with Crippen molar-refractivity contribution >= 4 is 9.84 Å². The lowest BCUT2D eigenvalue weighted by Crippen LogP contribution is -2.42. The maximum Gasteiger partial charge on any atom is 0.206 e. The summed E-state index contributed by atoms with van der Waals surface area (Å²) in [5.41, 5.74) is -0.816. The molecule has 94 valence electrons. The molecular weight excluding hydrogens is 242 g/mol. The van der Waals surface area contributed by atoms with E-state index in [1.165, 1.54) is 13.2 Å². The Bertz CT molecular complexity index is 480. The molecule has 2 rings (SSSR count). The minimum Gasteiger partial charge on any atom is -0.497 e. The molecule has 5 nitrogen and oxygen atoms in total. The molecule has 1 aliphatic heterocycles. The Hall–Kier alpha value is -1.11. The quantitative estimate of drug-likeness (QED) is 0.850. The van der Waals surface area contributed by atoms with Crippen molar-refractivity contribution in [3.63, 3.8) is 0 Å². The highest BCUT2D eigenvalue weighted by atomic mass is 32.2. The van der Waals surface area contributed by atoms with Gasteiger partial charge in [-0.15, -0.1) is 0 Å². The Balaban J connectivity index is 2.29. The van der Waals surface area contributed by atoms with Crippen molar-refractivity contribution in [2.24, 2.45) is 0 Å². The summed E-state index contributed by atoms with van der Waals surface area (Å²) < 4.78 is 34.8. The fourth-order valence-corrected chi connectivity index (χ4v) is 3.14. The largest absolute Gasteiger partial charge is 0.497 e. The van der Waals surface area contributed by atoms with Crippen LogP contribution in [0.25, 0.3) is 0 Å². The van der Waals surface area contributed by atoms with Crippen LogP contribution in [0.2, 0.25) is 0 Å². The maximum atomic E-state index is 12.2. The summed E-state index contributed by atoms with van der Waals surface area (Å²) in [7, 11) is -1.95. The third kappa shape index (κ3) is 2.59. The molecule has 0 aliphatic carbocycles. The zero-order valence-corrected chi connectivity index (χ0v) is 10.4. The number of nitrogens with one attached hydrogen (secondary N) is 1. The zero-order chi connectivity index (χ0) is 12.3. The molecule has 1 unspecified atom stereocenters. The first-order valence-corrected chi connectivity index (χ1v) is 6.89. The summed E-state index contributed by atoms with van der Waals surface area (Å²) in [5.74, 6) is 0.523. The summed E-state index contributed by atoms with van der Waals surface area (Å²) in [6.07, 6.45) is 0. The van der Waals surface area contributed by atoms with E-state index >= 15 is 0 Å². The van der Waals surface area contributed by atoms with Crippen molar-refractivity contribution < 1.29 is 17.9 Å². The number of methoxy groups -OCH3 is 1. The van der Waals surface area contributed by atoms with Crippen LogP contribution in [0.4, 0.5) is 0 Å². The zero-order valence-electron chi connectivity index (χ0n) is 9.55. The van der Waals surface area contributed by atoms with E-state index in [1.807, 2.05) is 0 Å². The second-order valence-electron chi connectivity index (χ2n) is 3.73. The van der Waals surface area contributed by atoms with Gasteiger partial charge in [0.25, 0.3) is 0 Å². The van der Waals surface area contributed by atoms with E-state index in [2.05, 4.69) is 5.32 Å². The Labute approximate surface area is 101 Å². The maximum absolute atomic E-state index is 12.2. The molecule has 1 N–H and O–H groups in total. The van der Waals surface area contributed by atoms with Crippen LogP contribution in [0.15, 0.2) is 29.2 Å². The van der Waals surface area contributed by atoms with E-state index in [0.29, 0.717) is 25.4 Å². The third-order valence-corrected chi connectivity index (χ3v) is 4.52. The molecule has 6 heteroatoms. The topological polar surface area (TPSA) is 64.6 Å². The van der Waals surface area contributed by atoms with Crippen molar-refractivity contribution in [1.29, 1.82) is 0 Å². The van der Waals surface area contributed by atoms with Gasteiger partial charge in [-0.05, 0) is 18.2 Å². The van der Waals surface area contributed by atoms with Gasteiger partial charge in [0.15, 0.2) is 5.44 Å². The van der Waals surface area contributed by atoms with Gasteiger partial charge >= 0.3 is 0 Å². The number of rotatable bonds is 3. The van der Waals surface area contributed by atoms with Crippen LogP contribution in [0, 0.1) is 0 Å². The molecule has 1 atom stereocenters. The normalized spacial score (nSPS) is 21.1. The van der Waals surface area contributed by atoms with Gasteiger partial charge in [-0.1, -0.05) is 6.07 Å². The second-order valence-corrected chi connectivity index (χ2v) is 5.82. The first-order chi connectivity index (χ1) is 8.14. The van der Waals surface area contributed by atoms with Crippen LogP contribution in [0.5, 0.6) is 5.75 Å². The van der Waals surface area contributed by atoms with Crippen LogP contribution >= 0.6 is 0 Å². The number of hydrogen-bond donors (Lipinski definition) is 1. The number of sulfone groups is 1. The molecule has 1 fully saturated rings. The predicted molar refractivity (Wildman–Crippen MR) is 62.8 cm³/mol. The number of benzene rings is 1. The van der Waals surface area contributed by atoms with Gasteiger partial charge in [0.2, 0.25) is 9.84 Å². The average Bonchev–Trinajstić information content (AvgIpc) is 2.40. The summed E-state index contributed by atoms with van der Waals surface area (Å²) in [5, 5.41) is 3.00. The molecule has 1 aromatic carbocycles. The van der Waals surface area contributed by atoms with Crippen molar-refractivity contribution in [3.05, 3.63) is 24.3 Å². The van der Waals surface area contributed by atoms with Crippen LogP contribution in [0.3, 0.4) is 0 Å². The van der Waals surface area contributed by atoms with E-state index in [4.69, 9.17) is 9.47 Å². The molecule has 1 aromatic rings. The third-order valence-electron chi connectivity index (χ3n) is 2.61. The predicted octanol–water partition coefficient (Wildman–Crippen LogP) is 0.415. The van der Waals surface area contributed by atoms with Gasteiger partial charge in [-0.2, -0.15) is 0 Å². The summed E-state index contributed by atoms with van der Waals surface area (Å²) >= 11 is 0. The van der Waals surface area contributed by atoms with E-state index < -0.39 is 15.3 Å². The SMILES string of the molecule is COc1cccc(S(=O)(=O)C2CNCCO2)c1. The molecule has 0 bridgehead atoms. The first kappa shape index (κ1) is 12.3. The van der Waals surface area contributed by atoms with Gasteiger partial charge in [0.1, 0.15) is 5.75 Å². The van der Waals surface area contributed by atoms with Crippen LogP contribution in [0.1, 0.15) is 0 Å². The lowest BCUT2D eigenvalue weighted by Gasteiger charge is -2.23. The standard InChI is InChI=1S/C11H15NO4S/c1-15-9-3-2-4-10(7-9)17(13,14)11-8-12-5-6-16-11/h2-4,7,11-12H,5-6,8H2,1H3. The Kier molecular flexibility index (Phi) is 3.66. The van der Waals surface area contributed by atoms with E-state index in [1.54, 1.807) is 18.2 Å². The molecule has 0 amide bonds. The molecule has 17 heavy (non-hydrogen) atoms. The number of morpholine rings is 1. The van der Waals surface area contributed by atoms with Crippen molar-refractivity contribution in [3.8, 4) is 5.75 Å². The minimum atomic E-state index is -3.46. The van der Waals surface area contributed by atoms with E-state index in [0.717, 1.165) is 0 Å². The van der Waals surface area contributed by atoms with Crippen molar-refractivity contribution in [2.75, 3.05) is 26.8 Å². The fraction of sp³-hybridized carbons (Fsp3) is 0.455. The van der Waals surface area contributed by atoms with Crippen molar-refractivity contribution in [1.82, 2.24) is 5.32 Å². The van der Waals surface area contributed by atoms with Gasteiger partial charge < -0.3 is 14.8 Å². The Morgan fingerprint density at radius 1 is 1.47 bits per heavy atom. The van der Waals surface area contributed by atoms with E-state index in [9.17, 15) is 8.42 Å². The summed E-state index contributed by atoms with van der Waals surface area (Å²) in [4.78, 5) is 0.227. The molecule has 0 spiro atoms. The second kappa shape index (κ2) is 5.03.